The minimum Gasteiger partial charge on any atom is -0.306 e. The van der Waals surface area contributed by atoms with Crippen LogP contribution in [0.1, 0.15) is 24.1 Å². The maximum absolute atomic E-state index is 13.4. The fraction of sp³-hybridized carbons (Fsp3) is 0.214. The van der Waals surface area contributed by atoms with Gasteiger partial charge in [0.15, 0.2) is 0 Å². The Kier molecular flexibility index (Phi) is 3.99. The predicted octanol–water partition coefficient (Wildman–Crippen LogP) is 3.21. The first-order valence-electron chi connectivity index (χ1n) is 5.74. The number of pyridine rings is 1. The van der Waals surface area contributed by atoms with Crippen LogP contribution in [0.3, 0.4) is 0 Å². The van der Waals surface area contributed by atoms with Crippen molar-refractivity contribution in [2.24, 2.45) is 0 Å². The molecule has 0 unspecified atom stereocenters. The normalized spacial score (nSPS) is 12.4. The van der Waals surface area contributed by atoms with Crippen LogP contribution in [0.25, 0.3) is 0 Å². The van der Waals surface area contributed by atoms with E-state index in [9.17, 15) is 8.78 Å². The molecular weight excluding hydrogens is 234 g/mol. The Labute approximate surface area is 105 Å². The highest BCUT2D eigenvalue weighted by atomic mass is 19.1. The molecule has 0 spiro atoms. The zero-order valence-corrected chi connectivity index (χ0v) is 10.0. The summed E-state index contributed by atoms with van der Waals surface area (Å²) in [6.45, 7) is 2.23. The zero-order chi connectivity index (χ0) is 13.0. The summed E-state index contributed by atoms with van der Waals surface area (Å²) in [4.78, 5) is 4.02. The molecule has 4 heteroatoms. The third-order valence-corrected chi connectivity index (χ3v) is 2.79. The summed E-state index contributed by atoms with van der Waals surface area (Å²) in [6.07, 6.45) is 3.45. The molecule has 2 nitrogen and oxygen atoms in total. The minimum absolute atomic E-state index is 0.0290. The van der Waals surface area contributed by atoms with Gasteiger partial charge in [-0.15, -0.1) is 0 Å². The fourth-order valence-electron chi connectivity index (χ4n) is 1.69. The average molecular weight is 248 g/mol. The smallest absolute Gasteiger partial charge is 0.127 e. The number of aromatic nitrogens is 1. The van der Waals surface area contributed by atoms with Crippen molar-refractivity contribution in [2.45, 2.75) is 19.5 Å². The van der Waals surface area contributed by atoms with E-state index >= 15 is 0 Å². The lowest BCUT2D eigenvalue weighted by molar-refractivity contribution is 0.535. The van der Waals surface area contributed by atoms with E-state index < -0.39 is 11.6 Å². The van der Waals surface area contributed by atoms with Gasteiger partial charge in [-0.3, -0.25) is 4.98 Å². The Bertz CT molecular complexity index is 514. The third kappa shape index (κ3) is 3.11. The standard InChI is InChI=1S/C14H14F2N2/c1-10(11-3-2-6-17-8-11)18-9-12-7-13(15)4-5-14(12)16/h2-8,10,18H,9H2,1H3/t10-/m1/s1. The molecule has 1 atom stereocenters. The van der Waals surface area contributed by atoms with Gasteiger partial charge in [-0.1, -0.05) is 6.07 Å². The molecule has 0 bridgehead atoms. The molecule has 18 heavy (non-hydrogen) atoms. The molecule has 0 saturated carbocycles. The van der Waals surface area contributed by atoms with Crippen molar-refractivity contribution >= 4 is 0 Å². The number of halogens is 2. The molecule has 0 aliphatic carbocycles. The van der Waals surface area contributed by atoms with Gasteiger partial charge in [0, 0.05) is 30.5 Å². The molecule has 1 aromatic heterocycles. The van der Waals surface area contributed by atoms with Crippen molar-refractivity contribution in [1.82, 2.24) is 10.3 Å². The van der Waals surface area contributed by atoms with Crippen LogP contribution >= 0.6 is 0 Å². The predicted molar refractivity (Wildman–Crippen MR) is 65.8 cm³/mol. The van der Waals surface area contributed by atoms with Gasteiger partial charge in [0.1, 0.15) is 11.6 Å². The number of nitrogens with zero attached hydrogens (tertiary/aromatic N) is 1. The number of rotatable bonds is 4. The first kappa shape index (κ1) is 12.6. The number of nitrogens with one attached hydrogen (secondary N) is 1. The van der Waals surface area contributed by atoms with E-state index in [-0.39, 0.29) is 12.6 Å². The van der Waals surface area contributed by atoms with Crippen LogP contribution < -0.4 is 5.32 Å². The van der Waals surface area contributed by atoms with Crippen LogP contribution in [0.4, 0.5) is 8.78 Å². The van der Waals surface area contributed by atoms with Gasteiger partial charge >= 0.3 is 0 Å². The van der Waals surface area contributed by atoms with Crippen molar-refractivity contribution in [1.29, 1.82) is 0 Å². The molecule has 0 fully saturated rings. The molecule has 1 heterocycles. The summed E-state index contributed by atoms with van der Waals surface area (Å²) >= 11 is 0. The van der Waals surface area contributed by atoms with Crippen LogP contribution in [0, 0.1) is 11.6 Å². The summed E-state index contributed by atoms with van der Waals surface area (Å²) in [7, 11) is 0. The van der Waals surface area contributed by atoms with E-state index in [0.717, 1.165) is 17.7 Å². The van der Waals surface area contributed by atoms with E-state index in [2.05, 4.69) is 10.3 Å². The Hall–Kier alpha value is -1.81. The molecule has 94 valence electrons. The molecule has 0 amide bonds. The average Bonchev–Trinajstić information content (AvgIpc) is 2.40. The van der Waals surface area contributed by atoms with Gasteiger partial charge in [-0.05, 0) is 36.8 Å². The number of hydrogen-bond donors (Lipinski definition) is 1. The Morgan fingerprint density at radius 1 is 1.28 bits per heavy atom. The van der Waals surface area contributed by atoms with Crippen LogP contribution in [0.15, 0.2) is 42.7 Å². The molecule has 1 N–H and O–H groups in total. The van der Waals surface area contributed by atoms with Gasteiger partial charge in [-0.2, -0.15) is 0 Å². The maximum atomic E-state index is 13.4. The minimum atomic E-state index is -0.428. The summed E-state index contributed by atoms with van der Waals surface area (Å²) < 4.78 is 26.4. The van der Waals surface area contributed by atoms with E-state index in [1.54, 1.807) is 12.4 Å². The van der Waals surface area contributed by atoms with Crippen LogP contribution in [-0.4, -0.2) is 4.98 Å². The van der Waals surface area contributed by atoms with E-state index in [0.29, 0.717) is 5.56 Å². The monoisotopic (exact) mass is 248 g/mol. The molecule has 0 saturated heterocycles. The van der Waals surface area contributed by atoms with Gasteiger partial charge < -0.3 is 5.32 Å². The number of benzene rings is 1. The van der Waals surface area contributed by atoms with Crippen molar-refractivity contribution in [3.8, 4) is 0 Å². The fourth-order valence-corrected chi connectivity index (χ4v) is 1.69. The molecule has 0 aliphatic heterocycles. The summed E-state index contributed by atoms with van der Waals surface area (Å²) in [5, 5.41) is 3.14. The van der Waals surface area contributed by atoms with Gasteiger partial charge in [0.25, 0.3) is 0 Å². The van der Waals surface area contributed by atoms with Gasteiger partial charge in [-0.25, -0.2) is 8.78 Å². The Morgan fingerprint density at radius 3 is 2.83 bits per heavy atom. The summed E-state index contributed by atoms with van der Waals surface area (Å²) in [5.41, 5.74) is 1.33. The first-order valence-corrected chi connectivity index (χ1v) is 5.74. The van der Waals surface area contributed by atoms with Gasteiger partial charge in [0.05, 0.1) is 0 Å². The Balaban J connectivity index is 2.01. The third-order valence-electron chi connectivity index (χ3n) is 2.79. The van der Waals surface area contributed by atoms with E-state index in [1.165, 1.54) is 6.07 Å². The van der Waals surface area contributed by atoms with Crippen LogP contribution in [0.2, 0.25) is 0 Å². The lowest BCUT2D eigenvalue weighted by atomic mass is 10.1. The van der Waals surface area contributed by atoms with Gasteiger partial charge in [0.2, 0.25) is 0 Å². The molecule has 0 aliphatic rings. The lowest BCUT2D eigenvalue weighted by Crippen LogP contribution is -2.19. The highest BCUT2D eigenvalue weighted by Gasteiger charge is 2.07. The van der Waals surface area contributed by atoms with Crippen molar-refractivity contribution < 1.29 is 8.78 Å². The van der Waals surface area contributed by atoms with Crippen LogP contribution in [-0.2, 0) is 6.54 Å². The summed E-state index contributed by atoms with van der Waals surface area (Å²) in [5.74, 6) is -0.829. The molecule has 2 rings (SSSR count). The second-order valence-electron chi connectivity index (χ2n) is 4.12. The molecular formula is C14H14F2N2. The van der Waals surface area contributed by atoms with Crippen molar-refractivity contribution in [3.05, 3.63) is 65.5 Å². The lowest BCUT2D eigenvalue weighted by Gasteiger charge is -2.14. The van der Waals surface area contributed by atoms with Crippen molar-refractivity contribution in [3.63, 3.8) is 0 Å². The SMILES string of the molecule is C[C@@H](NCc1cc(F)ccc1F)c1cccnc1. The second-order valence-corrected chi connectivity index (χ2v) is 4.12. The van der Waals surface area contributed by atoms with E-state index in [1.807, 2.05) is 19.1 Å². The molecule has 2 aromatic rings. The molecule has 1 aromatic carbocycles. The maximum Gasteiger partial charge on any atom is 0.127 e. The number of hydrogen-bond acceptors (Lipinski definition) is 2. The van der Waals surface area contributed by atoms with Crippen molar-refractivity contribution in [2.75, 3.05) is 0 Å². The highest BCUT2D eigenvalue weighted by molar-refractivity contribution is 5.19. The molecule has 0 radical (unpaired) electrons. The van der Waals surface area contributed by atoms with Crippen LogP contribution in [0.5, 0.6) is 0 Å². The Morgan fingerprint density at radius 2 is 2.11 bits per heavy atom. The highest BCUT2D eigenvalue weighted by Crippen LogP contribution is 2.13. The quantitative estimate of drug-likeness (QED) is 0.898. The largest absolute Gasteiger partial charge is 0.306 e. The zero-order valence-electron chi connectivity index (χ0n) is 10.0. The van der Waals surface area contributed by atoms with E-state index in [4.69, 9.17) is 0 Å². The topological polar surface area (TPSA) is 24.9 Å². The second kappa shape index (κ2) is 5.69. The first-order chi connectivity index (χ1) is 8.66. The summed E-state index contributed by atoms with van der Waals surface area (Å²) in [6, 6.07) is 7.27.